The van der Waals surface area contributed by atoms with Gasteiger partial charge in [0.05, 0.1) is 13.6 Å². The molecule has 8 heteroatoms. The van der Waals surface area contributed by atoms with Gasteiger partial charge >= 0.3 is 5.97 Å². The summed E-state index contributed by atoms with van der Waals surface area (Å²) in [4.78, 5) is 26.2. The fraction of sp³-hybridized carbons (Fsp3) is 0.577. The second-order valence-electron chi connectivity index (χ2n) is 10.2. The third kappa shape index (κ3) is 5.50. The summed E-state index contributed by atoms with van der Waals surface area (Å²) < 4.78 is 11.5. The van der Waals surface area contributed by atoms with Crippen LogP contribution in [0.4, 0.5) is 5.82 Å². The number of quaternary nitrogens is 1. The highest BCUT2D eigenvalue weighted by Gasteiger charge is 2.48. The van der Waals surface area contributed by atoms with Gasteiger partial charge in [0.25, 0.3) is 5.91 Å². The molecular weight excluding hydrogens is 434 g/mol. The highest BCUT2D eigenvalue weighted by molar-refractivity contribution is 5.90. The third-order valence-electron chi connectivity index (χ3n) is 7.28. The quantitative estimate of drug-likeness (QED) is 0.474. The molecule has 1 amide bonds. The first-order valence-corrected chi connectivity index (χ1v) is 12.3. The Morgan fingerprint density at radius 3 is 2.59 bits per heavy atom. The number of nitrogens with one attached hydrogen (secondary N) is 1. The van der Waals surface area contributed by atoms with Crippen molar-refractivity contribution in [1.29, 1.82) is 0 Å². The van der Waals surface area contributed by atoms with Gasteiger partial charge in [-0.2, -0.15) is 0 Å². The van der Waals surface area contributed by atoms with Crippen LogP contribution in [0.15, 0.2) is 40.9 Å². The fourth-order valence-electron chi connectivity index (χ4n) is 5.54. The molecule has 8 nitrogen and oxygen atoms in total. The number of rotatable bonds is 7. The summed E-state index contributed by atoms with van der Waals surface area (Å²) >= 11 is 0. The Kier molecular flexibility index (Phi) is 7.38. The molecule has 1 saturated carbocycles. The summed E-state index contributed by atoms with van der Waals surface area (Å²) in [6.07, 6.45) is 5.95. The van der Waals surface area contributed by atoms with Gasteiger partial charge in [-0.05, 0) is 31.7 Å². The first-order chi connectivity index (χ1) is 16.3. The Labute approximate surface area is 200 Å². The normalized spacial score (nSPS) is 25.3. The first kappa shape index (κ1) is 24.4. The van der Waals surface area contributed by atoms with E-state index in [2.05, 4.69) is 10.5 Å². The minimum atomic E-state index is -1.65. The number of benzene rings is 1. The topological polar surface area (TPSA) is 102 Å². The van der Waals surface area contributed by atoms with Gasteiger partial charge in [0.15, 0.2) is 24.1 Å². The predicted molar refractivity (Wildman–Crippen MR) is 127 cm³/mol. The van der Waals surface area contributed by atoms with Gasteiger partial charge in [-0.15, -0.1) is 0 Å². The highest BCUT2D eigenvalue weighted by atomic mass is 16.6. The van der Waals surface area contributed by atoms with Gasteiger partial charge in [0.2, 0.25) is 0 Å². The van der Waals surface area contributed by atoms with E-state index >= 15 is 0 Å². The second kappa shape index (κ2) is 10.3. The molecule has 0 bridgehead atoms. The molecule has 1 saturated heterocycles. The van der Waals surface area contributed by atoms with Crippen LogP contribution in [0.5, 0.6) is 0 Å². The summed E-state index contributed by atoms with van der Waals surface area (Å²) in [5.74, 6) is 0.147. The lowest BCUT2D eigenvalue weighted by atomic mass is 9.73. The molecule has 1 aromatic heterocycles. The Morgan fingerprint density at radius 2 is 1.91 bits per heavy atom. The van der Waals surface area contributed by atoms with E-state index in [9.17, 15) is 14.7 Å². The van der Waals surface area contributed by atoms with E-state index in [1.165, 1.54) is 0 Å². The summed E-state index contributed by atoms with van der Waals surface area (Å²) in [5, 5.41) is 18.4. The number of aryl methyl sites for hydroxylation is 1. The number of piperidine rings is 1. The summed E-state index contributed by atoms with van der Waals surface area (Å²) in [6, 6.07) is 10.9. The number of carbonyl (C=O) groups excluding carboxylic acids is 2. The van der Waals surface area contributed by atoms with Crippen molar-refractivity contribution < 1.29 is 28.4 Å². The van der Waals surface area contributed by atoms with Gasteiger partial charge < -0.3 is 24.2 Å². The number of aliphatic hydroxyl groups is 1. The molecule has 34 heavy (non-hydrogen) atoms. The lowest BCUT2D eigenvalue weighted by Gasteiger charge is -2.42. The van der Waals surface area contributed by atoms with Gasteiger partial charge in [0.1, 0.15) is 12.3 Å². The van der Waals surface area contributed by atoms with E-state index in [1.54, 1.807) is 13.0 Å². The van der Waals surface area contributed by atoms with Crippen molar-refractivity contribution in [3.05, 3.63) is 47.7 Å². The van der Waals surface area contributed by atoms with Crippen molar-refractivity contribution in [3.63, 3.8) is 0 Å². The van der Waals surface area contributed by atoms with Gasteiger partial charge in [-0.3, -0.25) is 4.79 Å². The molecule has 0 radical (unpaired) electrons. The van der Waals surface area contributed by atoms with Crippen LogP contribution in [-0.4, -0.2) is 59.4 Å². The molecule has 2 fully saturated rings. The van der Waals surface area contributed by atoms with Crippen molar-refractivity contribution in [2.75, 3.05) is 32.0 Å². The molecule has 0 spiro atoms. The zero-order chi connectivity index (χ0) is 24.2. The van der Waals surface area contributed by atoms with Crippen LogP contribution in [0.25, 0.3) is 0 Å². The Morgan fingerprint density at radius 1 is 1.18 bits per heavy atom. The number of carbonyl (C=O) groups is 2. The maximum atomic E-state index is 13.5. The molecule has 2 aliphatic rings. The monoisotopic (exact) mass is 470 g/mol. The smallest absolute Gasteiger partial charge is 0.343 e. The molecule has 3 atom stereocenters. The van der Waals surface area contributed by atoms with Crippen LogP contribution in [0.3, 0.4) is 0 Å². The maximum absolute atomic E-state index is 13.5. The molecule has 184 valence electrons. The predicted octanol–water partition coefficient (Wildman–Crippen LogP) is 3.54. The van der Waals surface area contributed by atoms with Crippen molar-refractivity contribution in [2.45, 2.75) is 63.6 Å². The van der Waals surface area contributed by atoms with Crippen molar-refractivity contribution in [3.8, 4) is 0 Å². The van der Waals surface area contributed by atoms with E-state index in [-0.39, 0.29) is 24.5 Å². The SMILES string of the molecule is Cc1cc(NC(=O)C[N@+]2(C)CCCC(OC(=O)C(O)(c3ccccc3)C3CCCCC3)C2)no1. The molecule has 2 N–H and O–H groups in total. The number of nitrogens with zero attached hydrogens (tertiary/aromatic N) is 2. The standard InChI is InChI=1S/C26H35N3O5/c1-19-16-23(28-34-19)27-24(30)18-29(2)15-9-14-22(17-29)33-25(31)26(32,20-10-5-3-6-11-20)21-12-7-4-8-13-21/h3,5-6,10-11,16,21-22,32H,4,7-9,12-15,17-18H2,1-2H3/p+1/t22?,26?,29-/m1/s1. The number of anilines is 1. The van der Waals surface area contributed by atoms with E-state index in [0.717, 1.165) is 51.5 Å². The Bertz CT molecular complexity index is 987. The van der Waals surface area contributed by atoms with Gasteiger partial charge in [0, 0.05) is 18.4 Å². The summed E-state index contributed by atoms with van der Waals surface area (Å²) in [7, 11) is 2.00. The van der Waals surface area contributed by atoms with Crippen LogP contribution in [0.1, 0.15) is 56.3 Å². The number of hydrogen-bond donors (Lipinski definition) is 2. The minimum absolute atomic E-state index is 0.155. The number of hydrogen-bond acceptors (Lipinski definition) is 6. The van der Waals surface area contributed by atoms with Gasteiger partial charge in [-0.25, -0.2) is 4.79 Å². The average molecular weight is 471 g/mol. The lowest BCUT2D eigenvalue weighted by Crippen LogP contribution is -2.57. The molecule has 1 aromatic carbocycles. The van der Waals surface area contributed by atoms with Crippen LogP contribution in [0, 0.1) is 12.8 Å². The Balaban J connectivity index is 1.43. The number of likely N-dealkylation sites (tertiary alicyclic amines) is 1. The zero-order valence-corrected chi connectivity index (χ0v) is 20.2. The summed E-state index contributed by atoms with van der Waals surface area (Å²) in [6.45, 7) is 3.34. The van der Waals surface area contributed by atoms with E-state index in [4.69, 9.17) is 9.26 Å². The van der Waals surface area contributed by atoms with Crippen molar-refractivity contribution in [1.82, 2.24) is 5.16 Å². The van der Waals surface area contributed by atoms with Crippen LogP contribution < -0.4 is 5.32 Å². The third-order valence-corrected chi connectivity index (χ3v) is 7.28. The molecule has 1 aliphatic carbocycles. The molecule has 1 aliphatic heterocycles. The number of ether oxygens (including phenoxy) is 1. The molecule has 2 aromatic rings. The van der Waals surface area contributed by atoms with E-state index < -0.39 is 11.6 Å². The highest BCUT2D eigenvalue weighted by Crippen LogP contribution is 2.41. The van der Waals surface area contributed by atoms with Crippen molar-refractivity contribution in [2.24, 2.45) is 5.92 Å². The fourth-order valence-corrected chi connectivity index (χ4v) is 5.54. The number of esters is 1. The largest absolute Gasteiger partial charge is 0.454 e. The first-order valence-electron chi connectivity index (χ1n) is 12.3. The molecule has 4 rings (SSSR count). The molecular formula is C26H36N3O5+. The average Bonchev–Trinajstić information content (AvgIpc) is 3.23. The number of amides is 1. The molecule has 2 heterocycles. The maximum Gasteiger partial charge on any atom is 0.343 e. The lowest BCUT2D eigenvalue weighted by molar-refractivity contribution is -0.909. The summed E-state index contributed by atoms with van der Waals surface area (Å²) in [5.41, 5.74) is -1.05. The van der Waals surface area contributed by atoms with Crippen LogP contribution in [-0.2, 0) is 19.9 Å². The zero-order valence-electron chi connectivity index (χ0n) is 20.2. The minimum Gasteiger partial charge on any atom is -0.454 e. The second-order valence-corrected chi connectivity index (χ2v) is 10.2. The van der Waals surface area contributed by atoms with Crippen molar-refractivity contribution >= 4 is 17.7 Å². The van der Waals surface area contributed by atoms with Crippen LogP contribution >= 0.6 is 0 Å². The Hall–Kier alpha value is -2.71. The number of aromatic nitrogens is 1. The van der Waals surface area contributed by atoms with E-state index in [1.807, 2.05) is 37.4 Å². The van der Waals surface area contributed by atoms with Gasteiger partial charge in [-0.1, -0.05) is 54.8 Å². The van der Waals surface area contributed by atoms with E-state index in [0.29, 0.717) is 28.2 Å². The van der Waals surface area contributed by atoms with Crippen LogP contribution in [0.2, 0.25) is 0 Å². The molecule has 2 unspecified atom stereocenters. The number of likely N-dealkylation sites (N-methyl/N-ethyl adjacent to an activating group) is 1.